The molecular formula is C11H20O5. The van der Waals surface area contributed by atoms with Crippen LogP contribution in [0.2, 0.25) is 0 Å². The lowest BCUT2D eigenvalue weighted by molar-refractivity contribution is -0.164. The van der Waals surface area contributed by atoms with Crippen molar-refractivity contribution in [2.45, 2.75) is 32.1 Å². The van der Waals surface area contributed by atoms with Gasteiger partial charge in [0.05, 0.1) is 0 Å². The molecule has 0 saturated heterocycles. The average Bonchev–Trinajstić information content (AvgIpc) is 2.75. The fourth-order valence-corrected chi connectivity index (χ4v) is 1.31. The number of carbonyl (C=O) groups is 2. The first-order valence-corrected chi connectivity index (χ1v) is 5.42. The van der Waals surface area contributed by atoms with Crippen LogP contribution in [0.5, 0.6) is 0 Å². The van der Waals surface area contributed by atoms with E-state index in [1.807, 2.05) is 0 Å². The summed E-state index contributed by atoms with van der Waals surface area (Å²) in [6, 6.07) is 0. The number of esters is 2. The van der Waals surface area contributed by atoms with E-state index in [9.17, 15) is 9.59 Å². The molecule has 1 aliphatic carbocycles. The maximum atomic E-state index is 10.5. The van der Waals surface area contributed by atoms with Gasteiger partial charge in [-0.15, -0.1) is 0 Å². The molecule has 0 aromatic rings. The van der Waals surface area contributed by atoms with Gasteiger partial charge in [-0.3, -0.25) is 0 Å². The maximum absolute atomic E-state index is 10.5. The Hall–Kier alpha value is -0.940. The molecule has 0 bridgehead atoms. The van der Waals surface area contributed by atoms with Gasteiger partial charge in [-0.2, -0.15) is 0 Å². The van der Waals surface area contributed by atoms with Gasteiger partial charge in [0.1, 0.15) is 13.2 Å². The molecule has 16 heavy (non-hydrogen) atoms. The smallest absolute Gasteiger partial charge is 0.339 e. The topological polar surface area (TPSA) is 61.8 Å². The second-order valence-corrected chi connectivity index (χ2v) is 3.48. The maximum Gasteiger partial charge on any atom is 0.339 e. The highest BCUT2D eigenvalue weighted by Crippen LogP contribution is 2.15. The zero-order valence-corrected chi connectivity index (χ0v) is 9.99. The molecule has 0 aromatic carbocycles. The predicted molar refractivity (Wildman–Crippen MR) is 57.9 cm³/mol. The van der Waals surface area contributed by atoms with Gasteiger partial charge in [-0.1, -0.05) is 32.1 Å². The lowest BCUT2D eigenvalue weighted by atomic mass is 10.4. The summed E-state index contributed by atoms with van der Waals surface area (Å²) < 4.78 is 13.0. The van der Waals surface area contributed by atoms with Crippen LogP contribution in [0.3, 0.4) is 0 Å². The summed E-state index contributed by atoms with van der Waals surface area (Å²) in [4.78, 5) is 21.0. The molecule has 5 nitrogen and oxygen atoms in total. The minimum absolute atomic E-state index is 0.227. The number of methoxy groups -OCH3 is 2. The fourth-order valence-electron chi connectivity index (χ4n) is 1.31. The molecule has 0 radical (unpaired) electrons. The molecule has 1 aliphatic rings. The average molecular weight is 232 g/mol. The van der Waals surface area contributed by atoms with Crippen molar-refractivity contribution < 1.29 is 23.8 Å². The van der Waals surface area contributed by atoms with Gasteiger partial charge in [0.15, 0.2) is 0 Å². The van der Waals surface area contributed by atoms with Crippen LogP contribution in [-0.2, 0) is 23.8 Å². The van der Waals surface area contributed by atoms with E-state index in [1.54, 1.807) is 0 Å². The van der Waals surface area contributed by atoms with Gasteiger partial charge in [-0.25, -0.2) is 9.59 Å². The van der Waals surface area contributed by atoms with Crippen molar-refractivity contribution in [3.8, 4) is 0 Å². The standard InChI is InChI=1S/C6H10O5.C5H10/c1-9-3-5(7)11-6(8)4-10-2;1-2-4-5-3-1/h3-4H2,1-2H3;1-5H2. The molecule has 0 aromatic heterocycles. The Bertz CT molecular complexity index is 175. The molecule has 0 aliphatic heterocycles. The van der Waals surface area contributed by atoms with E-state index >= 15 is 0 Å². The Labute approximate surface area is 96.1 Å². The first-order chi connectivity index (χ1) is 7.70. The van der Waals surface area contributed by atoms with Crippen LogP contribution >= 0.6 is 0 Å². The number of ether oxygens (including phenoxy) is 3. The summed E-state index contributed by atoms with van der Waals surface area (Å²) in [5.41, 5.74) is 0. The lowest BCUT2D eigenvalue weighted by Gasteiger charge is -1.99. The van der Waals surface area contributed by atoms with E-state index in [2.05, 4.69) is 14.2 Å². The second kappa shape index (κ2) is 10.6. The normalized spacial score (nSPS) is 13.9. The van der Waals surface area contributed by atoms with Crippen molar-refractivity contribution >= 4 is 11.9 Å². The summed E-state index contributed by atoms with van der Waals surface area (Å²) >= 11 is 0. The first kappa shape index (κ1) is 15.1. The molecule has 0 N–H and O–H groups in total. The zero-order chi connectivity index (χ0) is 12.2. The van der Waals surface area contributed by atoms with Crippen LogP contribution in [0.1, 0.15) is 32.1 Å². The van der Waals surface area contributed by atoms with E-state index in [0.717, 1.165) is 0 Å². The van der Waals surface area contributed by atoms with Crippen LogP contribution in [0.4, 0.5) is 0 Å². The monoisotopic (exact) mass is 232 g/mol. The highest BCUT2D eigenvalue weighted by molar-refractivity contribution is 5.86. The Morgan fingerprint density at radius 2 is 1.12 bits per heavy atom. The Balaban J connectivity index is 0.000000368. The molecule has 1 rings (SSSR count). The Morgan fingerprint density at radius 3 is 1.38 bits per heavy atom. The van der Waals surface area contributed by atoms with Gasteiger partial charge in [0.25, 0.3) is 0 Å². The summed E-state index contributed by atoms with van der Waals surface area (Å²) in [6.45, 7) is -0.453. The third-order valence-electron chi connectivity index (χ3n) is 2.00. The number of hydrogen-bond donors (Lipinski definition) is 0. The zero-order valence-electron chi connectivity index (χ0n) is 9.99. The molecule has 0 spiro atoms. The van der Waals surface area contributed by atoms with E-state index in [0.29, 0.717) is 0 Å². The third-order valence-corrected chi connectivity index (χ3v) is 2.00. The van der Waals surface area contributed by atoms with Crippen LogP contribution < -0.4 is 0 Å². The lowest BCUT2D eigenvalue weighted by Crippen LogP contribution is -2.19. The van der Waals surface area contributed by atoms with Crippen molar-refractivity contribution in [3.63, 3.8) is 0 Å². The van der Waals surface area contributed by atoms with Crippen molar-refractivity contribution in [2.75, 3.05) is 27.4 Å². The molecule has 0 atom stereocenters. The van der Waals surface area contributed by atoms with Crippen molar-refractivity contribution in [1.29, 1.82) is 0 Å². The Kier molecular flexibility index (Phi) is 9.95. The predicted octanol–water partition coefficient (Wildman–Crippen LogP) is 1.30. The molecule has 5 heteroatoms. The van der Waals surface area contributed by atoms with Gasteiger partial charge >= 0.3 is 11.9 Å². The Morgan fingerprint density at radius 1 is 0.812 bits per heavy atom. The first-order valence-electron chi connectivity index (χ1n) is 5.42. The number of hydrogen-bond acceptors (Lipinski definition) is 5. The minimum atomic E-state index is -0.713. The quantitative estimate of drug-likeness (QED) is 0.540. The molecule has 1 fully saturated rings. The molecule has 0 unspecified atom stereocenters. The van der Waals surface area contributed by atoms with Gasteiger partial charge in [0.2, 0.25) is 0 Å². The molecule has 0 amide bonds. The van der Waals surface area contributed by atoms with Crippen LogP contribution in [0.15, 0.2) is 0 Å². The highest BCUT2D eigenvalue weighted by atomic mass is 16.6. The summed E-state index contributed by atoms with van der Waals surface area (Å²) in [5.74, 6) is -1.43. The second-order valence-electron chi connectivity index (χ2n) is 3.48. The SMILES string of the molecule is C1CCCC1.COCC(=O)OC(=O)COC. The largest absolute Gasteiger partial charge is 0.390 e. The van der Waals surface area contributed by atoms with E-state index < -0.39 is 11.9 Å². The number of carbonyl (C=O) groups excluding carboxylic acids is 2. The minimum Gasteiger partial charge on any atom is -0.390 e. The number of rotatable bonds is 4. The van der Waals surface area contributed by atoms with Gasteiger partial charge in [0, 0.05) is 14.2 Å². The van der Waals surface area contributed by atoms with E-state index in [1.165, 1.54) is 46.3 Å². The summed E-state index contributed by atoms with van der Waals surface area (Å²) in [5, 5.41) is 0. The molecule has 0 heterocycles. The van der Waals surface area contributed by atoms with E-state index in [-0.39, 0.29) is 13.2 Å². The highest BCUT2D eigenvalue weighted by Gasteiger charge is 2.08. The molecule has 94 valence electrons. The van der Waals surface area contributed by atoms with Crippen LogP contribution in [0.25, 0.3) is 0 Å². The third kappa shape index (κ3) is 9.61. The van der Waals surface area contributed by atoms with E-state index in [4.69, 9.17) is 0 Å². The molecular weight excluding hydrogens is 212 g/mol. The van der Waals surface area contributed by atoms with Crippen molar-refractivity contribution in [3.05, 3.63) is 0 Å². The van der Waals surface area contributed by atoms with Gasteiger partial charge in [-0.05, 0) is 0 Å². The summed E-state index contributed by atoms with van der Waals surface area (Å²) in [7, 11) is 2.67. The van der Waals surface area contributed by atoms with Crippen LogP contribution in [0, 0.1) is 0 Å². The van der Waals surface area contributed by atoms with Gasteiger partial charge < -0.3 is 14.2 Å². The van der Waals surface area contributed by atoms with Crippen molar-refractivity contribution in [1.82, 2.24) is 0 Å². The van der Waals surface area contributed by atoms with Crippen LogP contribution in [-0.4, -0.2) is 39.4 Å². The van der Waals surface area contributed by atoms with Crippen molar-refractivity contribution in [2.24, 2.45) is 0 Å². The molecule has 1 saturated carbocycles. The fraction of sp³-hybridized carbons (Fsp3) is 0.818. The summed E-state index contributed by atoms with van der Waals surface area (Å²) in [6.07, 6.45) is 7.50.